The third-order valence-corrected chi connectivity index (χ3v) is 3.07. The molecule has 8 heteroatoms. The molecule has 4 nitrogen and oxygen atoms in total. The van der Waals surface area contributed by atoms with E-state index in [1.807, 2.05) is 6.92 Å². The largest absolute Gasteiger partial charge is 0.477 e. The summed E-state index contributed by atoms with van der Waals surface area (Å²) in [4.78, 5) is 9.39. The van der Waals surface area contributed by atoms with E-state index in [1.165, 1.54) is 11.3 Å². The van der Waals surface area contributed by atoms with E-state index >= 15 is 0 Å². The van der Waals surface area contributed by atoms with Crippen molar-refractivity contribution in [1.82, 2.24) is 9.97 Å². The second-order valence-corrected chi connectivity index (χ2v) is 4.91. The number of halogens is 3. The Balaban J connectivity index is 2.21. The van der Waals surface area contributed by atoms with E-state index in [4.69, 9.17) is 10.5 Å². The molecular weight excluding hydrogens is 267 g/mol. The number of hydrogen-bond donors (Lipinski definition) is 1. The molecule has 2 N–H and O–H groups in total. The molecule has 98 valence electrons. The van der Waals surface area contributed by atoms with Gasteiger partial charge in [0.05, 0.1) is 18.4 Å². The molecule has 0 aliphatic rings. The quantitative estimate of drug-likeness (QED) is 0.937. The van der Waals surface area contributed by atoms with Gasteiger partial charge in [0.25, 0.3) is 0 Å². The maximum absolute atomic E-state index is 12.0. The van der Waals surface area contributed by atoms with Crippen molar-refractivity contribution in [2.75, 3.05) is 12.3 Å². The maximum Gasteiger partial charge on any atom is 0.392 e. The Labute approximate surface area is 105 Å². The fourth-order valence-corrected chi connectivity index (χ4v) is 2.28. The predicted octanol–water partition coefficient (Wildman–Crippen LogP) is 2.91. The van der Waals surface area contributed by atoms with Gasteiger partial charge in [-0.05, 0) is 13.0 Å². The number of rotatable bonds is 3. The van der Waals surface area contributed by atoms with Gasteiger partial charge in [0.2, 0.25) is 11.8 Å². The highest BCUT2D eigenvalue weighted by atomic mass is 32.1. The smallest absolute Gasteiger partial charge is 0.392 e. The van der Waals surface area contributed by atoms with Crippen LogP contribution >= 0.6 is 11.3 Å². The number of alkyl halides is 3. The molecule has 0 amide bonds. The minimum Gasteiger partial charge on any atom is -0.477 e. The van der Waals surface area contributed by atoms with Crippen LogP contribution in [0.3, 0.4) is 0 Å². The Hall–Kier alpha value is -1.57. The molecule has 0 radical (unpaired) electrons. The highest BCUT2D eigenvalue weighted by Crippen LogP contribution is 2.31. The minimum atomic E-state index is -4.25. The van der Waals surface area contributed by atoms with Gasteiger partial charge in [-0.2, -0.15) is 18.2 Å². The lowest BCUT2D eigenvalue weighted by molar-refractivity contribution is -0.139. The number of aryl methyl sites for hydroxylation is 1. The maximum atomic E-state index is 12.0. The molecule has 0 unspecified atom stereocenters. The van der Waals surface area contributed by atoms with Gasteiger partial charge in [-0.1, -0.05) is 0 Å². The van der Waals surface area contributed by atoms with Gasteiger partial charge in [-0.3, -0.25) is 0 Å². The Morgan fingerprint density at radius 3 is 2.78 bits per heavy atom. The first kappa shape index (κ1) is 12.9. The lowest BCUT2D eigenvalue weighted by Gasteiger charge is -2.08. The molecule has 0 fully saturated rings. The van der Waals surface area contributed by atoms with Crippen LogP contribution in [0.4, 0.5) is 19.1 Å². The highest BCUT2D eigenvalue weighted by molar-refractivity contribution is 7.18. The Kier molecular flexibility index (Phi) is 3.29. The predicted molar refractivity (Wildman–Crippen MR) is 62.7 cm³/mol. The van der Waals surface area contributed by atoms with E-state index < -0.39 is 19.2 Å². The number of nitrogens with two attached hydrogens (primary N) is 1. The van der Waals surface area contributed by atoms with Crippen LogP contribution in [0.1, 0.15) is 11.3 Å². The summed E-state index contributed by atoms with van der Waals surface area (Å²) >= 11 is 1.39. The molecule has 2 aromatic rings. The number of ether oxygens (including phenoxy) is 1. The average Bonchev–Trinajstić information content (AvgIpc) is 2.56. The Bertz CT molecular complexity index is 567. The normalized spacial score (nSPS) is 12.0. The fraction of sp³-hybridized carbons (Fsp3) is 0.400. The molecule has 0 saturated heterocycles. The van der Waals surface area contributed by atoms with Crippen LogP contribution in [-0.2, 0) is 0 Å². The van der Waals surface area contributed by atoms with Gasteiger partial charge >= 0.3 is 6.18 Å². The van der Waals surface area contributed by atoms with Crippen molar-refractivity contribution in [3.05, 3.63) is 10.9 Å². The molecule has 2 aromatic heterocycles. The van der Waals surface area contributed by atoms with E-state index in [1.54, 1.807) is 6.07 Å². The molecule has 0 atom stereocenters. The van der Waals surface area contributed by atoms with E-state index in [2.05, 4.69) is 9.97 Å². The van der Waals surface area contributed by atoms with Crippen LogP contribution in [0.5, 0.6) is 5.88 Å². The summed E-state index contributed by atoms with van der Waals surface area (Å²) in [5, 5.41) is 0.592. The summed E-state index contributed by atoms with van der Waals surface area (Å²) < 4.78 is 41.1. The summed E-state index contributed by atoms with van der Waals surface area (Å²) in [6, 6.07) is 1.77. The Morgan fingerprint density at radius 2 is 2.11 bits per heavy atom. The van der Waals surface area contributed by atoms with Crippen molar-refractivity contribution in [2.45, 2.75) is 19.5 Å². The summed E-state index contributed by atoms with van der Waals surface area (Å²) in [6.45, 7) is 1.38. The molecule has 2 heterocycles. The van der Waals surface area contributed by atoms with Crippen molar-refractivity contribution >= 4 is 27.5 Å². The van der Waals surface area contributed by atoms with Crippen LogP contribution in [0.2, 0.25) is 0 Å². The topological polar surface area (TPSA) is 61.0 Å². The van der Waals surface area contributed by atoms with Crippen LogP contribution in [-0.4, -0.2) is 22.8 Å². The highest BCUT2D eigenvalue weighted by Gasteiger charge is 2.27. The zero-order valence-corrected chi connectivity index (χ0v) is 10.2. The Morgan fingerprint density at radius 1 is 1.39 bits per heavy atom. The molecule has 0 bridgehead atoms. The number of anilines is 1. The van der Waals surface area contributed by atoms with Gasteiger partial charge in [-0.15, -0.1) is 11.3 Å². The van der Waals surface area contributed by atoms with E-state index in [-0.39, 0.29) is 11.8 Å². The van der Waals surface area contributed by atoms with Crippen molar-refractivity contribution in [1.29, 1.82) is 0 Å². The standard InChI is InChI=1S/C10H10F3N3OS/c1-5-4-6-7(17-3-2-10(11,12)13)15-9(14)16-8(6)18-5/h4H,2-3H2,1H3,(H2,14,15,16). The summed E-state index contributed by atoms with van der Waals surface area (Å²) in [5.41, 5.74) is 5.47. The van der Waals surface area contributed by atoms with Gasteiger partial charge in [0.1, 0.15) is 4.83 Å². The lowest BCUT2D eigenvalue weighted by Crippen LogP contribution is -2.13. The van der Waals surface area contributed by atoms with Crippen molar-refractivity contribution in [3.8, 4) is 5.88 Å². The molecule has 2 rings (SSSR count). The van der Waals surface area contributed by atoms with Crippen molar-refractivity contribution in [2.24, 2.45) is 0 Å². The number of hydrogen-bond acceptors (Lipinski definition) is 5. The molecule has 18 heavy (non-hydrogen) atoms. The third-order valence-electron chi connectivity index (χ3n) is 2.12. The van der Waals surface area contributed by atoms with E-state index in [0.29, 0.717) is 10.2 Å². The molecule has 0 spiro atoms. The van der Waals surface area contributed by atoms with Gasteiger partial charge < -0.3 is 10.5 Å². The molecule has 0 saturated carbocycles. The molecule has 0 aliphatic carbocycles. The van der Waals surface area contributed by atoms with Crippen LogP contribution in [0.15, 0.2) is 6.07 Å². The second kappa shape index (κ2) is 4.60. The number of fused-ring (bicyclic) bond motifs is 1. The number of nitrogens with zero attached hydrogens (tertiary/aromatic N) is 2. The lowest BCUT2D eigenvalue weighted by atomic mass is 10.3. The summed E-state index contributed by atoms with van der Waals surface area (Å²) in [6.07, 6.45) is -5.27. The first-order chi connectivity index (χ1) is 8.35. The molecule has 0 aromatic carbocycles. The monoisotopic (exact) mass is 277 g/mol. The zero-order chi connectivity index (χ0) is 13.3. The van der Waals surface area contributed by atoms with Crippen LogP contribution in [0, 0.1) is 6.92 Å². The number of aromatic nitrogens is 2. The summed E-state index contributed by atoms with van der Waals surface area (Å²) in [7, 11) is 0. The van der Waals surface area contributed by atoms with Crippen molar-refractivity contribution < 1.29 is 17.9 Å². The molecular formula is C10H10F3N3OS. The first-order valence-electron chi connectivity index (χ1n) is 5.08. The number of thiophene rings is 1. The first-order valence-corrected chi connectivity index (χ1v) is 5.90. The second-order valence-electron chi connectivity index (χ2n) is 3.68. The molecule has 0 aliphatic heterocycles. The third kappa shape index (κ3) is 3.00. The van der Waals surface area contributed by atoms with Gasteiger partial charge in [-0.25, -0.2) is 4.98 Å². The average molecular weight is 277 g/mol. The number of nitrogen functional groups attached to an aromatic ring is 1. The van der Waals surface area contributed by atoms with Gasteiger partial charge in [0.15, 0.2) is 0 Å². The van der Waals surface area contributed by atoms with Crippen LogP contribution in [0.25, 0.3) is 10.2 Å². The van der Waals surface area contributed by atoms with E-state index in [0.717, 1.165) is 4.88 Å². The minimum absolute atomic E-state index is 0.00800. The SMILES string of the molecule is Cc1cc2c(OCCC(F)(F)F)nc(N)nc2s1. The summed E-state index contributed by atoms with van der Waals surface area (Å²) in [5.74, 6) is 0.0949. The fourth-order valence-electron chi connectivity index (χ4n) is 1.40. The van der Waals surface area contributed by atoms with Gasteiger partial charge in [0, 0.05) is 4.88 Å². The van der Waals surface area contributed by atoms with Crippen LogP contribution < -0.4 is 10.5 Å². The van der Waals surface area contributed by atoms with E-state index in [9.17, 15) is 13.2 Å². The van der Waals surface area contributed by atoms with Crippen molar-refractivity contribution in [3.63, 3.8) is 0 Å². The zero-order valence-electron chi connectivity index (χ0n) is 9.41.